The number of pyridine rings is 1. The first-order valence-electron chi connectivity index (χ1n) is 10.2. The van der Waals surface area contributed by atoms with Crippen LogP contribution in [0.1, 0.15) is 26.0 Å². The normalized spacial score (nSPS) is 11.2. The van der Waals surface area contributed by atoms with E-state index in [1.54, 1.807) is 23.5 Å². The van der Waals surface area contributed by atoms with Crippen LogP contribution in [0.3, 0.4) is 0 Å². The molecule has 0 aliphatic carbocycles. The fraction of sp³-hybridized carbons (Fsp3) is 0.304. The topological polar surface area (TPSA) is 36.7 Å². The number of imidazole rings is 1. The van der Waals surface area contributed by atoms with Crippen LogP contribution in [0.4, 0.5) is 21.0 Å². The van der Waals surface area contributed by atoms with Crippen molar-refractivity contribution in [2.45, 2.75) is 26.7 Å². The molecule has 0 radical (unpaired) electrons. The van der Waals surface area contributed by atoms with Crippen molar-refractivity contribution < 1.29 is 4.39 Å². The Labute approximate surface area is 180 Å². The predicted molar refractivity (Wildman–Crippen MR) is 124 cm³/mol. The van der Waals surface area contributed by atoms with E-state index in [2.05, 4.69) is 53.4 Å². The SMILES string of the molecule is CCCN(C)c1ccc2nc(CC)c(N(C)c3nc(-c4ccc(F)cc4)cs3)n2c1. The van der Waals surface area contributed by atoms with Crippen LogP contribution >= 0.6 is 11.3 Å². The standard InChI is InChI=1S/C23H26FN5S/c1-5-13-27(3)18-11-12-21-25-19(6-2)22(29(21)14-18)28(4)23-26-20(15-30-23)16-7-9-17(24)10-8-16/h7-12,14-15H,5-6,13H2,1-4H3. The summed E-state index contributed by atoms with van der Waals surface area (Å²) in [5.74, 6) is 0.785. The lowest BCUT2D eigenvalue weighted by atomic mass is 10.2. The number of halogens is 1. The summed E-state index contributed by atoms with van der Waals surface area (Å²) in [6, 6.07) is 10.6. The molecule has 0 saturated heterocycles. The Bertz CT molecular complexity index is 1150. The summed E-state index contributed by atoms with van der Waals surface area (Å²) in [6.07, 6.45) is 4.08. The minimum absolute atomic E-state index is 0.242. The van der Waals surface area contributed by atoms with E-state index in [1.807, 2.05) is 12.4 Å². The first kappa shape index (κ1) is 20.3. The highest BCUT2D eigenvalue weighted by Gasteiger charge is 2.19. The van der Waals surface area contributed by atoms with E-state index in [-0.39, 0.29) is 5.82 Å². The van der Waals surface area contributed by atoms with E-state index >= 15 is 0 Å². The van der Waals surface area contributed by atoms with E-state index in [0.717, 1.165) is 58.6 Å². The number of fused-ring (bicyclic) bond motifs is 1. The zero-order valence-electron chi connectivity index (χ0n) is 17.8. The average molecular weight is 424 g/mol. The molecule has 0 aliphatic heterocycles. The fourth-order valence-electron chi connectivity index (χ4n) is 3.61. The molecule has 1 aromatic carbocycles. The number of nitrogens with zero attached hydrogens (tertiary/aromatic N) is 5. The number of aryl methyl sites for hydroxylation is 1. The lowest BCUT2D eigenvalue weighted by molar-refractivity contribution is 0.628. The van der Waals surface area contributed by atoms with Crippen molar-refractivity contribution in [3.8, 4) is 11.3 Å². The molecule has 4 rings (SSSR count). The Morgan fingerprint density at radius 2 is 1.80 bits per heavy atom. The zero-order valence-corrected chi connectivity index (χ0v) is 18.6. The van der Waals surface area contributed by atoms with Gasteiger partial charge in [0.05, 0.1) is 17.1 Å². The van der Waals surface area contributed by atoms with Crippen LogP contribution in [0, 0.1) is 5.82 Å². The number of rotatable bonds is 7. The van der Waals surface area contributed by atoms with E-state index in [4.69, 9.17) is 9.97 Å². The highest BCUT2D eigenvalue weighted by atomic mass is 32.1. The summed E-state index contributed by atoms with van der Waals surface area (Å²) in [7, 11) is 4.14. The van der Waals surface area contributed by atoms with Crippen molar-refractivity contribution in [1.29, 1.82) is 0 Å². The van der Waals surface area contributed by atoms with Crippen LogP contribution in [0.15, 0.2) is 48.0 Å². The molecule has 0 atom stereocenters. The molecule has 0 unspecified atom stereocenters. The van der Waals surface area contributed by atoms with Gasteiger partial charge in [0, 0.05) is 37.8 Å². The van der Waals surface area contributed by atoms with Crippen LogP contribution in [-0.4, -0.2) is 35.0 Å². The highest BCUT2D eigenvalue weighted by Crippen LogP contribution is 2.34. The Balaban J connectivity index is 1.74. The van der Waals surface area contributed by atoms with Gasteiger partial charge in [-0.1, -0.05) is 13.8 Å². The van der Waals surface area contributed by atoms with Crippen LogP contribution in [0.5, 0.6) is 0 Å². The first-order chi connectivity index (χ1) is 14.5. The van der Waals surface area contributed by atoms with Gasteiger partial charge in [0.25, 0.3) is 0 Å². The van der Waals surface area contributed by atoms with Crippen molar-refractivity contribution in [3.63, 3.8) is 0 Å². The molecular weight excluding hydrogens is 397 g/mol. The molecule has 0 bridgehead atoms. The van der Waals surface area contributed by atoms with Crippen LogP contribution in [-0.2, 0) is 6.42 Å². The van der Waals surface area contributed by atoms with Gasteiger partial charge < -0.3 is 9.80 Å². The molecule has 3 heterocycles. The molecule has 5 nitrogen and oxygen atoms in total. The summed E-state index contributed by atoms with van der Waals surface area (Å²) in [4.78, 5) is 14.0. The largest absolute Gasteiger partial charge is 0.373 e. The van der Waals surface area contributed by atoms with Crippen LogP contribution in [0.25, 0.3) is 16.9 Å². The maximum absolute atomic E-state index is 13.3. The van der Waals surface area contributed by atoms with E-state index in [1.165, 1.54) is 12.1 Å². The monoisotopic (exact) mass is 423 g/mol. The van der Waals surface area contributed by atoms with E-state index in [9.17, 15) is 4.39 Å². The molecule has 0 fully saturated rings. The predicted octanol–water partition coefficient (Wildman–Crippen LogP) is 5.77. The highest BCUT2D eigenvalue weighted by molar-refractivity contribution is 7.14. The van der Waals surface area contributed by atoms with Crippen LogP contribution in [0.2, 0.25) is 0 Å². The Hall–Kier alpha value is -2.93. The quantitative estimate of drug-likeness (QED) is 0.378. The van der Waals surface area contributed by atoms with Gasteiger partial charge in [-0.05, 0) is 49.2 Å². The van der Waals surface area contributed by atoms with Crippen molar-refractivity contribution in [2.24, 2.45) is 0 Å². The minimum Gasteiger partial charge on any atom is -0.373 e. The average Bonchev–Trinajstić information content (AvgIpc) is 3.38. The van der Waals surface area contributed by atoms with Gasteiger partial charge in [-0.15, -0.1) is 11.3 Å². The molecule has 0 spiro atoms. The zero-order chi connectivity index (χ0) is 21.3. The van der Waals surface area contributed by atoms with Crippen molar-refractivity contribution in [2.75, 3.05) is 30.4 Å². The molecular formula is C23H26FN5S. The number of aromatic nitrogens is 3. The third kappa shape index (κ3) is 3.77. The molecule has 156 valence electrons. The molecule has 0 amide bonds. The molecule has 4 aromatic rings. The maximum atomic E-state index is 13.3. The second-order valence-corrected chi connectivity index (χ2v) is 8.19. The summed E-state index contributed by atoms with van der Waals surface area (Å²) in [5, 5.41) is 2.88. The third-order valence-corrected chi connectivity index (χ3v) is 6.14. The smallest absolute Gasteiger partial charge is 0.191 e. The summed E-state index contributed by atoms with van der Waals surface area (Å²) >= 11 is 1.57. The minimum atomic E-state index is -0.242. The van der Waals surface area contributed by atoms with Gasteiger partial charge in [0.1, 0.15) is 17.3 Å². The van der Waals surface area contributed by atoms with Gasteiger partial charge in [-0.2, -0.15) is 0 Å². The van der Waals surface area contributed by atoms with Crippen LogP contribution < -0.4 is 9.80 Å². The number of benzene rings is 1. The molecule has 0 saturated carbocycles. The second-order valence-electron chi connectivity index (χ2n) is 7.35. The Morgan fingerprint density at radius 3 is 2.50 bits per heavy atom. The van der Waals surface area contributed by atoms with Gasteiger partial charge in [-0.25, -0.2) is 14.4 Å². The lowest BCUT2D eigenvalue weighted by Crippen LogP contribution is -2.18. The molecule has 30 heavy (non-hydrogen) atoms. The van der Waals surface area contributed by atoms with Crippen molar-refractivity contribution in [1.82, 2.24) is 14.4 Å². The molecule has 0 N–H and O–H groups in total. The van der Waals surface area contributed by atoms with Crippen molar-refractivity contribution in [3.05, 3.63) is 59.5 Å². The van der Waals surface area contributed by atoms with E-state index in [0.29, 0.717) is 0 Å². The Kier molecular flexibility index (Phi) is 5.72. The van der Waals surface area contributed by atoms with Crippen molar-refractivity contribution >= 4 is 33.6 Å². The summed E-state index contributed by atoms with van der Waals surface area (Å²) in [5.41, 5.74) is 4.87. The van der Waals surface area contributed by atoms with Gasteiger partial charge in [0.15, 0.2) is 5.13 Å². The van der Waals surface area contributed by atoms with Gasteiger partial charge in [0.2, 0.25) is 0 Å². The van der Waals surface area contributed by atoms with Gasteiger partial charge >= 0.3 is 0 Å². The summed E-state index contributed by atoms with van der Waals surface area (Å²) < 4.78 is 15.4. The van der Waals surface area contributed by atoms with Gasteiger partial charge in [-0.3, -0.25) is 4.40 Å². The number of hydrogen-bond acceptors (Lipinski definition) is 5. The second kappa shape index (κ2) is 8.44. The first-order valence-corrected chi connectivity index (χ1v) is 11.1. The number of anilines is 3. The third-order valence-electron chi connectivity index (χ3n) is 5.22. The molecule has 3 aromatic heterocycles. The molecule has 7 heteroatoms. The Morgan fingerprint density at radius 1 is 1.03 bits per heavy atom. The fourth-order valence-corrected chi connectivity index (χ4v) is 4.42. The number of hydrogen-bond donors (Lipinski definition) is 0. The number of thiazole rings is 1. The lowest BCUT2D eigenvalue weighted by Gasteiger charge is -2.20. The molecule has 0 aliphatic rings. The maximum Gasteiger partial charge on any atom is 0.191 e. The summed E-state index contributed by atoms with van der Waals surface area (Å²) in [6.45, 7) is 5.30. The van der Waals surface area contributed by atoms with E-state index < -0.39 is 0 Å².